The molecule has 0 aromatic heterocycles. The summed E-state index contributed by atoms with van der Waals surface area (Å²) in [4.78, 5) is 32.0. The maximum absolute atomic E-state index is 13.7. The van der Waals surface area contributed by atoms with Crippen molar-refractivity contribution in [1.82, 2.24) is 20.0 Å². The number of nitrogens with zero attached hydrogens (tertiary/aromatic N) is 3. The van der Waals surface area contributed by atoms with Crippen LogP contribution in [0.5, 0.6) is 5.75 Å². The van der Waals surface area contributed by atoms with Crippen molar-refractivity contribution in [3.8, 4) is 5.75 Å². The second-order valence-electron chi connectivity index (χ2n) is 13.7. The van der Waals surface area contributed by atoms with Crippen LogP contribution in [0.15, 0.2) is 54.6 Å². The molecule has 4 rings (SSSR count). The van der Waals surface area contributed by atoms with E-state index in [2.05, 4.69) is 35.7 Å². The van der Waals surface area contributed by atoms with Gasteiger partial charge in [0.2, 0.25) is 0 Å². The van der Waals surface area contributed by atoms with Crippen LogP contribution in [0.2, 0.25) is 0 Å². The van der Waals surface area contributed by atoms with Crippen molar-refractivity contribution in [2.75, 3.05) is 32.7 Å². The van der Waals surface area contributed by atoms with Crippen molar-refractivity contribution in [3.63, 3.8) is 0 Å². The lowest BCUT2D eigenvalue weighted by atomic mass is 9.83. The Bertz CT molecular complexity index is 1250. The van der Waals surface area contributed by atoms with E-state index in [1.807, 2.05) is 56.0 Å². The average Bonchev–Trinajstić information content (AvgIpc) is 2.93. The summed E-state index contributed by atoms with van der Waals surface area (Å²) in [5.74, 6) is -0.265. The first kappa shape index (κ1) is 33.4. The molecule has 2 atom stereocenters. The van der Waals surface area contributed by atoms with E-state index in [9.17, 15) is 22.8 Å². The molecular weight excluding hydrogens is 573 g/mol. The maximum atomic E-state index is 13.7. The highest BCUT2D eigenvalue weighted by Crippen LogP contribution is 2.36. The topological polar surface area (TPSA) is 74.4 Å². The average molecular weight is 619 g/mol. The van der Waals surface area contributed by atoms with Crippen molar-refractivity contribution in [1.29, 1.82) is 0 Å². The van der Waals surface area contributed by atoms with E-state index in [0.717, 1.165) is 11.1 Å². The molecule has 11 heteroatoms. The lowest BCUT2D eigenvalue weighted by molar-refractivity contribution is -0.274. The molecule has 0 radical (unpaired) electrons. The summed E-state index contributed by atoms with van der Waals surface area (Å²) in [7, 11) is 0. The van der Waals surface area contributed by atoms with Gasteiger partial charge in [0.05, 0.1) is 12.1 Å². The van der Waals surface area contributed by atoms with E-state index in [1.165, 1.54) is 12.1 Å². The van der Waals surface area contributed by atoms with E-state index in [1.54, 1.807) is 17.0 Å². The number of carbonyl (C=O) groups excluding carboxylic acids is 2. The van der Waals surface area contributed by atoms with Gasteiger partial charge in [-0.15, -0.1) is 13.2 Å². The molecule has 2 saturated heterocycles. The Balaban J connectivity index is 1.47. The molecule has 2 aromatic rings. The van der Waals surface area contributed by atoms with Crippen molar-refractivity contribution in [2.45, 2.75) is 84.5 Å². The summed E-state index contributed by atoms with van der Waals surface area (Å²) in [5, 5.41) is 3.21. The van der Waals surface area contributed by atoms with Gasteiger partial charge in [0.1, 0.15) is 11.4 Å². The number of amides is 3. The molecule has 0 bridgehead atoms. The van der Waals surface area contributed by atoms with Gasteiger partial charge in [0.15, 0.2) is 0 Å². The van der Waals surface area contributed by atoms with Gasteiger partial charge in [-0.25, -0.2) is 9.59 Å². The number of urea groups is 1. The molecule has 242 valence electrons. The van der Waals surface area contributed by atoms with Gasteiger partial charge in [-0.3, -0.25) is 4.90 Å². The van der Waals surface area contributed by atoms with E-state index < -0.39 is 12.0 Å². The molecule has 2 aliphatic heterocycles. The molecule has 3 amide bonds. The van der Waals surface area contributed by atoms with Crippen LogP contribution in [0.3, 0.4) is 0 Å². The number of hydrogen-bond acceptors (Lipinski definition) is 5. The predicted octanol–water partition coefficient (Wildman–Crippen LogP) is 6.82. The van der Waals surface area contributed by atoms with E-state index in [4.69, 9.17) is 4.74 Å². The third kappa shape index (κ3) is 9.03. The molecule has 2 fully saturated rings. The van der Waals surface area contributed by atoms with Gasteiger partial charge in [0, 0.05) is 38.8 Å². The molecule has 8 nitrogen and oxygen atoms in total. The van der Waals surface area contributed by atoms with Crippen LogP contribution in [0.25, 0.3) is 0 Å². The van der Waals surface area contributed by atoms with Crippen LogP contribution in [0.1, 0.15) is 71.6 Å². The molecule has 0 saturated carbocycles. The number of alkyl halides is 3. The Hall–Kier alpha value is -3.47. The summed E-state index contributed by atoms with van der Waals surface area (Å²) in [6, 6.07) is 15.4. The van der Waals surface area contributed by atoms with Crippen molar-refractivity contribution < 1.29 is 32.2 Å². The Labute approximate surface area is 258 Å². The zero-order valence-corrected chi connectivity index (χ0v) is 26.5. The van der Waals surface area contributed by atoms with Gasteiger partial charge < -0.3 is 24.6 Å². The first-order chi connectivity index (χ1) is 20.5. The summed E-state index contributed by atoms with van der Waals surface area (Å²) >= 11 is 0. The molecule has 44 heavy (non-hydrogen) atoms. The maximum Gasteiger partial charge on any atom is 0.573 e. The SMILES string of the molecule is CC(C)(C)OC(=O)N1CCC(NC(=O)N2CCN(C(c3ccccc3)c3ccc(OC(F)(F)F)cc3)CC2C(C)(C)C)CC1. The van der Waals surface area contributed by atoms with Crippen LogP contribution in [-0.2, 0) is 4.74 Å². The van der Waals surface area contributed by atoms with Gasteiger partial charge in [-0.1, -0.05) is 63.2 Å². The number of carbonyl (C=O) groups is 2. The monoisotopic (exact) mass is 618 g/mol. The van der Waals surface area contributed by atoms with E-state index in [0.29, 0.717) is 45.6 Å². The highest BCUT2D eigenvalue weighted by molar-refractivity contribution is 5.75. The normalized spacial score (nSPS) is 19.8. The fourth-order valence-corrected chi connectivity index (χ4v) is 5.91. The first-order valence-electron chi connectivity index (χ1n) is 15.2. The summed E-state index contributed by atoms with van der Waals surface area (Å²) in [6.45, 7) is 14.5. The van der Waals surface area contributed by atoms with E-state index >= 15 is 0 Å². The minimum atomic E-state index is -4.76. The largest absolute Gasteiger partial charge is 0.573 e. The number of benzene rings is 2. The molecule has 2 unspecified atom stereocenters. The zero-order valence-electron chi connectivity index (χ0n) is 26.5. The minimum absolute atomic E-state index is 0.0469. The third-order valence-electron chi connectivity index (χ3n) is 8.06. The van der Waals surface area contributed by atoms with Gasteiger partial charge in [-0.2, -0.15) is 0 Å². The number of piperazine rings is 1. The summed E-state index contributed by atoms with van der Waals surface area (Å²) in [5.41, 5.74) is 1.05. The van der Waals surface area contributed by atoms with Gasteiger partial charge >= 0.3 is 18.5 Å². The number of piperidine rings is 1. The highest BCUT2D eigenvalue weighted by Gasteiger charge is 2.41. The molecule has 0 aliphatic carbocycles. The molecule has 1 N–H and O–H groups in total. The Morgan fingerprint density at radius 1 is 0.841 bits per heavy atom. The Kier molecular flexibility index (Phi) is 10.1. The molecule has 0 spiro atoms. The third-order valence-corrected chi connectivity index (χ3v) is 8.06. The smallest absolute Gasteiger partial charge is 0.444 e. The second-order valence-corrected chi connectivity index (χ2v) is 13.7. The van der Waals surface area contributed by atoms with Crippen LogP contribution in [0.4, 0.5) is 22.8 Å². The van der Waals surface area contributed by atoms with E-state index in [-0.39, 0.29) is 41.4 Å². The van der Waals surface area contributed by atoms with Crippen molar-refractivity contribution in [3.05, 3.63) is 65.7 Å². The number of hydrogen-bond donors (Lipinski definition) is 1. The number of likely N-dealkylation sites (tertiary alicyclic amines) is 1. The standard InChI is InChI=1S/C33H45F3N4O4/c1-31(2,3)27-22-39(28(23-10-8-7-9-11-23)24-12-14-26(15-13-24)43-33(34,35)36)20-21-40(27)29(41)37-25-16-18-38(19-17-25)30(42)44-32(4,5)6/h7-15,25,27-28H,16-22H2,1-6H3,(H,37,41). The van der Waals surface area contributed by atoms with Crippen LogP contribution < -0.4 is 10.1 Å². The zero-order chi connectivity index (χ0) is 32.3. The fourth-order valence-electron chi connectivity index (χ4n) is 5.91. The van der Waals surface area contributed by atoms with Crippen molar-refractivity contribution >= 4 is 12.1 Å². The molecule has 2 aliphatic rings. The van der Waals surface area contributed by atoms with Crippen LogP contribution >= 0.6 is 0 Å². The minimum Gasteiger partial charge on any atom is -0.444 e. The number of nitrogens with one attached hydrogen (secondary N) is 1. The van der Waals surface area contributed by atoms with Gasteiger partial charge in [-0.05, 0) is 62.3 Å². The molecule has 2 heterocycles. The van der Waals surface area contributed by atoms with Crippen LogP contribution in [-0.4, -0.2) is 83.6 Å². The lowest BCUT2D eigenvalue weighted by Crippen LogP contribution is -2.63. The summed E-state index contributed by atoms with van der Waals surface area (Å²) < 4.78 is 47.9. The quantitative estimate of drug-likeness (QED) is 0.398. The molecule has 2 aromatic carbocycles. The summed E-state index contributed by atoms with van der Waals surface area (Å²) in [6.07, 6.45) is -3.79. The lowest BCUT2D eigenvalue weighted by Gasteiger charge is -2.49. The Morgan fingerprint density at radius 3 is 1.98 bits per heavy atom. The number of rotatable bonds is 5. The highest BCUT2D eigenvalue weighted by atomic mass is 19.4. The fraction of sp³-hybridized carbons (Fsp3) is 0.576. The number of ether oxygens (including phenoxy) is 2. The van der Waals surface area contributed by atoms with Gasteiger partial charge in [0.25, 0.3) is 0 Å². The Morgan fingerprint density at radius 2 is 1.43 bits per heavy atom. The predicted molar refractivity (Wildman–Crippen MR) is 162 cm³/mol. The first-order valence-corrected chi connectivity index (χ1v) is 15.2. The second kappa shape index (κ2) is 13.3. The van der Waals surface area contributed by atoms with Crippen LogP contribution in [0, 0.1) is 5.41 Å². The molecular formula is C33H45F3N4O4. The van der Waals surface area contributed by atoms with Crippen molar-refractivity contribution in [2.24, 2.45) is 5.41 Å². The number of halogens is 3.